The summed E-state index contributed by atoms with van der Waals surface area (Å²) in [5.41, 5.74) is 7.44. The highest BCUT2D eigenvalue weighted by atomic mass is 35.5. The number of hydrogen-bond donors (Lipinski definition) is 1. The van der Waals surface area contributed by atoms with Gasteiger partial charge in [0.15, 0.2) is 5.16 Å². The molecule has 5 aromatic rings. The fourth-order valence-electron chi connectivity index (χ4n) is 3.88. The molecule has 5 nitrogen and oxygen atoms in total. The van der Waals surface area contributed by atoms with Gasteiger partial charge in [0, 0.05) is 5.02 Å². The molecular weight excluding hydrogens is 476 g/mol. The molecule has 1 heterocycles. The predicted octanol–water partition coefficient (Wildman–Crippen LogP) is 6.52. The molecule has 0 unspecified atom stereocenters. The largest absolute Gasteiger partial charge is 0.314 e. The lowest BCUT2D eigenvalue weighted by atomic mass is 10.0. The average Bonchev–Trinajstić information content (AvgIpc) is 3.24. The van der Waals surface area contributed by atoms with Gasteiger partial charge in [0.05, 0.1) is 29.0 Å². The Bertz CT molecular complexity index is 1540. The van der Waals surface area contributed by atoms with Crippen LogP contribution in [0.25, 0.3) is 21.8 Å². The number of hydrogen-bond acceptors (Lipinski definition) is 4. The third-order valence-corrected chi connectivity index (χ3v) is 6.95. The van der Waals surface area contributed by atoms with Crippen molar-refractivity contribution >= 4 is 56.8 Å². The van der Waals surface area contributed by atoms with E-state index in [1.807, 2.05) is 73.7 Å². The molecule has 5 rings (SSSR count). The van der Waals surface area contributed by atoms with E-state index in [1.165, 1.54) is 17.1 Å². The van der Waals surface area contributed by atoms with Crippen molar-refractivity contribution in [3.8, 4) is 0 Å². The van der Waals surface area contributed by atoms with Gasteiger partial charge in [-0.3, -0.25) is 4.79 Å². The van der Waals surface area contributed by atoms with Crippen molar-refractivity contribution in [2.75, 3.05) is 5.75 Å². The van der Waals surface area contributed by atoms with Crippen LogP contribution in [0.4, 0.5) is 0 Å². The molecule has 0 saturated heterocycles. The van der Waals surface area contributed by atoms with Gasteiger partial charge in [0.2, 0.25) is 0 Å². The Morgan fingerprint density at radius 2 is 1.71 bits per heavy atom. The van der Waals surface area contributed by atoms with E-state index in [9.17, 15) is 4.79 Å². The van der Waals surface area contributed by atoms with Crippen LogP contribution < -0.4 is 5.43 Å². The minimum Gasteiger partial charge on any atom is -0.314 e. The van der Waals surface area contributed by atoms with Gasteiger partial charge in [-0.2, -0.15) is 5.10 Å². The number of carbonyl (C=O) groups is 1. The zero-order valence-corrected chi connectivity index (χ0v) is 20.7. The third-order valence-electron chi connectivity index (χ3n) is 5.72. The molecule has 0 radical (unpaired) electrons. The minimum absolute atomic E-state index is 0.180. The first-order chi connectivity index (χ1) is 17.1. The molecule has 0 atom stereocenters. The lowest BCUT2D eigenvalue weighted by molar-refractivity contribution is -0.118. The van der Waals surface area contributed by atoms with Crippen molar-refractivity contribution in [3.63, 3.8) is 0 Å². The standard InChI is InChI=1S/C28H23ClN4OS/c1-19(22-13-12-21-6-2-3-7-23(21)16-22)31-32-27(34)18-35-28-30-25-8-4-5-9-26(25)33(28)17-20-10-14-24(29)15-11-20/h2-16H,17-18H2,1H3,(H,32,34)/b31-19+. The molecule has 1 amide bonds. The number of carbonyl (C=O) groups excluding carboxylic acids is 1. The summed E-state index contributed by atoms with van der Waals surface area (Å²) < 4.78 is 2.13. The van der Waals surface area contributed by atoms with Gasteiger partial charge in [-0.25, -0.2) is 10.4 Å². The molecule has 1 aromatic heterocycles. The fourth-order valence-corrected chi connectivity index (χ4v) is 4.81. The van der Waals surface area contributed by atoms with Crippen LogP contribution in [-0.2, 0) is 11.3 Å². The third kappa shape index (κ3) is 5.39. The van der Waals surface area contributed by atoms with Crippen LogP contribution in [0.2, 0.25) is 5.02 Å². The first-order valence-electron chi connectivity index (χ1n) is 11.2. The van der Waals surface area contributed by atoms with Gasteiger partial charge >= 0.3 is 0 Å². The number of hydrazone groups is 1. The smallest absolute Gasteiger partial charge is 0.250 e. The number of para-hydroxylation sites is 2. The summed E-state index contributed by atoms with van der Waals surface area (Å²) in [6.45, 7) is 2.53. The van der Waals surface area contributed by atoms with Crippen molar-refractivity contribution in [1.82, 2.24) is 15.0 Å². The maximum Gasteiger partial charge on any atom is 0.250 e. The van der Waals surface area contributed by atoms with E-state index in [0.29, 0.717) is 11.6 Å². The lowest BCUT2D eigenvalue weighted by Crippen LogP contribution is -2.21. The number of aromatic nitrogens is 2. The number of thioether (sulfide) groups is 1. The van der Waals surface area contributed by atoms with Crippen molar-refractivity contribution in [1.29, 1.82) is 0 Å². The highest BCUT2D eigenvalue weighted by Crippen LogP contribution is 2.25. The number of amides is 1. The van der Waals surface area contributed by atoms with Crippen LogP contribution in [0.5, 0.6) is 0 Å². The maximum absolute atomic E-state index is 12.6. The Morgan fingerprint density at radius 1 is 0.971 bits per heavy atom. The number of halogens is 1. The summed E-state index contributed by atoms with van der Waals surface area (Å²) in [4.78, 5) is 17.4. The van der Waals surface area contributed by atoms with Crippen molar-refractivity contribution in [2.24, 2.45) is 5.10 Å². The number of nitrogens with one attached hydrogen (secondary N) is 1. The first kappa shape index (κ1) is 23.1. The molecule has 35 heavy (non-hydrogen) atoms. The summed E-state index contributed by atoms with van der Waals surface area (Å²) in [6.07, 6.45) is 0. The molecule has 0 aliphatic heterocycles. The Hall–Kier alpha value is -3.61. The Labute approximate surface area is 212 Å². The summed E-state index contributed by atoms with van der Waals surface area (Å²) in [5.74, 6) is 0.0265. The molecule has 1 N–H and O–H groups in total. The highest BCUT2D eigenvalue weighted by molar-refractivity contribution is 7.99. The molecule has 174 valence electrons. The molecule has 0 bridgehead atoms. The van der Waals surface area contributed by atoms with E-state index < -0.39 is 0 Å². The Morgan fingerprint density at radius 3 is 2.54 bits per heavy atom. The summed E-state index contributed by atoms with van der Waals surface area (Å²) >= 11 is 7.44. The highest BCUT2D eigenvalue weighted by Gasteiger charge is 2.13. The van der Waals surface area contributed by atoms with Crippen molar-refractivity contribution in [3.05, 3.63) is 107 Å². The van der Waals surface area contributed by atoms with E-state index in [0.717, 1.165) is 38.4 Å². The van der Waals surface area contributed by atoms with Crippen molar-refractivity contribution < 1.29 is 4.79 Å². The number of nitrogens with zero attached hydrogens (tertiary/aromatic N) is 3. The van der Waals surface area contributed by atoms with Crippen LogP contribution in [0.1, 0.15) is 18.1 Å². The van der Waals surface area contributed by atoms with Gasteiger partial charge < -0.3 is 4.57 Å². The van der Waals surface area contributed by atoms with Crippen LogP contribution >= 0.6 is 23.4 Å². The topological polar surface area (TPSA) is 59.3 Å². The second-order valence-corrected chi connectivity index (χ2v) is 9.56. The van der Waals surface area contributed by atoms with E-state index in [1.54, 1.807) is 0 Å². The fraction of sp³-hybridized carbons (Fsp3) is 0.107. The van der Waals surface area contributed by atoms with Gasteiger partial charge in [0.25, 0.3) is 5.91 Å². The maximum atomic E-state index is 12.6. The summed E-state index contributed by atoms with van der Waals surface area (Å²) in [7, 11) is 0. The monoisotopic (exact) mass is 498 g/mol. The Kier molecular flexibility index (Phi) is 6.84. The van der Waals surface area contributed by atoms with E-state index in [-0.39, 0.29) is 11.7 Å². The molecule has 4 aromatic carbocycles. The lowest BCUT2D eigenvalue weighted by Gasteiger charge is -2.09. The van der Waals surface area contributed by atoms with Crippen LogP contribution in [0.15, 0.2) is 101 Å². The van der Waals surface area contributed by atoms with Gasteiger partial charge in [0.1, 0.15) is 0 Å². The van der Waals surface area contributed by atoms with Gasteiger partial charge in [-0.15, -0.1) is 0 Å². The van der Waals surface area contributed by atoms with E-state index >= 15 is 0 Å². The number of benzene rings is 4. The first-order valence-corrected chi connectivity index (χ1v) is 12.6. The van der Waals surface area contributed by atoms with Crippen molar-refractivity contribution in [2.45, 2.75) is 18.6 Å². The number of imidazole rings is 1. The molecular formula is C28H23ClN4OS. The van der Waals surface area contributed by atoms with Gasteiger partial charge in [-0.1, -0.05) is 84.0 Å². The van der Waals surface area contributed by atoms with Crippen LogP contribution in [-0.4, -0.2) is 26.9 Å². The number of rotatable bonds is 7. The van der Waals surface area contributed by atoms with Gasteiger partial charge in [-0.05, 0) is 59.2 Å². The van der Waals surface area contributed by atoms with E-state index in [2.05, 4.69) is 39.4 Å². The molecule has 0 aliphatic rings. The average molecular weight is 499 g/mol. The predicted molar refractivity (Wildman–Crippen MR) is 145 cm³/mol. The normalized spacial score (nSPS) is 11.8. The molecule has 0 saturated carbocycles. The Balaban J connectivity index is 1.28. The molecule has 0 spiro atoms. The molecule has 0 aliphatic carbocycles. The SMILES string of the molecule is C/C(=N\NC(=O)CSc1nc2ccccc2n1Cc1ccc(Cl)cc1)c1ccc2ccccc2c1. The van der Waals surface area contributed by atoms with Crippen LogP contribution in [0, 0.1) is 0 Å². The minimum atomic E-state index is -0.180. The molecule has 7 heteroatoms. The summed E-state index contributed by atoms with van der Waals surface area (Å²) in [6, 6.07) is 30.1. The zero-order chi connectivity index (χ0) is 24.2. The molecule has 0 fully saturated rings. The quantitative estimate of drug-likeness (QED) is 0.158. The summed E-state index contributed by atoms with van der Waals surface area (Å²) in [5, 5.41) is 8.12. The van der Waals surface area contributed by atoms with E-state index in [4.69, 9.17) is 16.6 Å². The zero-order valence-electron chi connectivity index (χ0n) is 19.1. The second kappa shape index (κ2) is 10.3. The number of fused-ring (bicyclic) bond motifs is 2. The second-order valence-electron chi connectivity index (χ2n) is 8.18. The van der Waals surface area contributed by atoms with Crippen LogP contribution in [0.3, 0.4) is 0 Å².